The SMILES string of the molecule is CC(C)c1cccc(-c2ncc(CN3CC4CCC3CC(C(C)C)C4)cn2)c1. The molecule has 3 heterocycles. The summed E-state index contributed by atoms with van der Waals surface area (Å²) in [7, 11) is 0. The Morgan fingerprint density at radius 3 is 2.54 bits per heavy atom. The highest BCUT2D eigenvalue weighted by atomic mass is 15.2. The van der Waals surface area contributed by atoms with Crippen LogP contribution < -0.4 is 0 Å². The second kappa shape index (κ2) is 8.32. The van der Waals surface area contributed by atoms with Gasteiger partial charge in [0.15, 0.2) is 5.82 Å². The lowest BCUT2D eigenvalue weighted by Crippen LogP contribution is -2.40. The normalized spacial score (nSPS) is 25.4. The largest absolute Gasteiger partial charge is 0.296 e. The van der Waals surface area contributed by atoms with Crippen LogP contribution in [0, 0.1) is 17.8 Å². The van der Waals surface area contributed by atoms with Gasteiger partial charge in [0.25, 0.3) is 0 Å². The van der Waals surface area contributed by atoms with E-state index in [1.54, 1.807) is 0 Å². The van der Waals surface area contributed by atoms with Gasteiger partial charge in [0.05, 0.1) is 0 Å². The van der Waals surface area contributed by atoms with Crippen molar-refractivity contribution in [2.75, 3.05) is 6.54 Å². The average Bonchev–Trinajstić information content (AvgIpc) is 3.01. The average molecular weight is 378 g/mol. The maximum absolute atomic E-state index is 4.71. The smallest absolute Gasteiger partial charge is 0.159 e. The minimum Gasteiger partial charge on any atom is -0.296 e. The van der Waals surface area contributed by atoms with Crippen LogP contribution in [0.3, 0.4) is 0 Å². The fourth-order valence-electron chi connectivity index (χ4n) is 5.11. The summed E-state index contributed by atoms with van der Waals surface area (Å²) in [4.78, 5) is 12.1. The van der Waals surface area contributed by atoms with Crippen LogP contribution in [0.15, 0.2) is 36.7 Å². The molecule has 3 heteroatoms. The molecule has 5 rings (SSSR count). The van der Waals surface area contributed by atoms with Crippen LogP contribution >= 0.6 is 0 Å². The summed E-state index contributed by atoms with van der Waals surface area (Å²) < 4.78 is 0. The molecule has 0 radical (unpaired) electrons. The van der Waals surface area contributed by atoms with E-state index in [9.17, 15) is 0 Å². The molecule has 0 spiro atoms. The van der Waals surface area contributed by atoms with Gasteiger partial charge in [-0.05, 0) is 61.0 Å². The molecule has 2 aromatic rings. The molecule has 1 aromatic carbocycles. The molecule has 3 unspecified atom stereocenters. The molecule has 3 atom stereocenters. The molecule has 2 saturated heterocycles. The first-order valence-corrected chi connectivity index (χ1v) is 11.1. The second-order valence-corrected chi connectivity index (χ2v) is 9.70. The number of rotatable bonds is 5. The van der Waals surface area contributed by atoms with Crippen molar-refractivity contribution < 1.29 is 0 Å². The molecule has 1 aliphatic carbocycles. The van der Waals surface area contributed by atoms with Crippen LogP contribution in [0.25, 0.3) is 11.4 Å². The Hall–Kier alpha value is -1.74. The first-order valence-electron chi connectivity index (χ1n) is 11.1. The first kappa shape index (κ1) is 19.6. The Bertz CT molecular complexity index is 781. The van der Waals surface area contributed by atoms with E-state index in [2.05, 4.69) is 56.9 Å². The summed E-state index contributed by atoms with van der Waals surface area (Å²) in [5.74, 6) is 3.95. The maximum Gasteiger partial charge on any atom is 0.159 e. The highest BCUT2D eigenvalue weighted by Gasteiger charge is 2.36. The fraction of sp³-hybridized carbons (Fsp3) is 0.600. The summed E-state index contributed by atoms with van der Waals surface area (Å²) in [5, 5.41) is 0. The van der Waals surface area contributed by atoms with Gasteiger partial charge in [-0.3, -0.25) is 4.90 Å². The third-order valence-electron chi connectivity index (χ3n) is 6.97. The quantitative estimate of drug-likeness (QED) is 0.648. The number of hydrogen-bond acceptors (Lipinski definition) is 3. The predicted octanol–water partition coefficient (Wildman–Crippen LogP) is 5.91. The maximum atomic E-state index is 4.71. The summed E-state index contributed by atoms with van der Waals surface area (Å²) in [6.45, 7) is 11.5. The molecule has 3 aliphatic rings. The van der Waals surface area contributed by atoms with Crippen LogP contribution in [-0.2, 0) is 6.54 Å². The van der Waals surface area contributed by atoms with Gasteiger partial charge in [-0.1, -0.05) is 45.9 Å². The van der Waals surface area contributed by atoms with Crippen LogP contribution in [0.5, 0.6) is 0 Å². The van der Waals surface area contributed by atoms with E-state index in [1.165, 1.54) is 43.4 Å². The van der Waals surface area contributed by atoms with Crippen molar-refractivity contribution >= 4 is 0 Å². The van der Waals surface area contributed by atoms with E-state index < -0.39 is 0 Å². The summed E-state index contributed by atoms with van der Waals surface area (Å²) in [6, 6.07) is 9.37. The van der Waals surface area contributed by atoms with Crippen molar-refractivity contribution in [3.05, 3.63) is 47.8 Å². The number of piperidine rings is 1. The monoisotopic (exact) mass is 377 g/mol. The Labute approximate surface area is 170 Å². The lowest BCUT2D eigenvalue weighted by molar-refractivity contribution is 0.115. The van der Waals surface area contributed by atoms with Crippen molar-refractivity contribution in [2.24, 2.45) is 17.8 Å². The summed E-state index contributed by atoms with van der Waals surface area (Å²) >= 11 is 0. The van der Waals surface area contributed by atoms with Crippen molar-refractivity contribution in [2.45, 2.75) is 71.9 Å². The lowest BCUT2D eigenvalue weighted by Gasteiger charge is -2.36. The van der Waals surface area contributed by atoms with Crippen LogP contribution in [0.1, 0.15) is 70.4 Å². The van der Waals surface area contributed by atoms with Crippen LogP contribution in [-0.4, -0.2) is 27.5 Å². The molecule has 28 heavy (non-hydrogen) atoms. The number of fused-ring (bicyclic) bond motifs is 4. The molecule has 3 fully saturated rings. The summed E-state index contributed by atoms with van der Waals surface area (Å²) in [5.41, 5.74) is 3.70. The zero-order chi connectivity index (χ0) is 19.7. The topological polar surface area (TPSA) is 29.0 Å². The van der Waals surface area contributed by atoms with Gasteiger partial charge in [0.1, 0.15) is 0 Å². The van der Waals surface area contributed by atoms with Crippen molar-refractivity contribution in [1.82, 2.24) is 14.9 Å². The van der Waals surface area contributed by atoms with Gasteiger partial charge in [0.2, 0.25) is 0 Å². The predicted molar refractivity (Wildman–Crippen MR) is 116 cm³/mol. The number of nitrogens with zero attached hydrogens (tertiary/aromatic N) is 3. The van der Waals surface area contributed by atoms with Gasteiger partial charge in [-0.15, -0.1) is 0 Å². The molecule has 1 aromatic heterocycles. The van der Waals surface area contributed by atoms with E-state index in [0.717, 1.165) is 41.7 Å². The lowest BCUT2D eigenvalue weighted by atomic mass is 9.86. The third kappa shape index (κ3) is 4.30. The van der Waals surface area contributed by atoms with Crippen molar-refractivity contribution in [3.63, 3.8) is 0 Å². The van der Waals surface area contributed by atoms with Gasteiger partial charge in [0, 0.05) is 42.7 Å². The zero-order valence-corrected chi connectivity index (χ0v) is 17.9. The first-order chi connectivity index (χ1) is 13.5. The van der Waals surface area contributed by atoms with Gasteiger partial charge < -0.3 is 0 Å². The Morgan fingerprint density at radius 1 is 1.04 bits per heavy atom. The van der Waals surface area contributed by atoms with Crippen LogP contribution in [0.4, 0.5) is 0 Å². The van der Waals surface area contributed by atoms with Crippen molar-refractivity contribution in [1.29, 1.82) is 0 Å². The third-order valence-corrected chi connectivity index (χ3v) is 6.97. The molecule has 2 aliphatic heterocycles. The van der Waals surface area contributed by atoms with Gasteiger partial charge in [-0.2, -0.15) is 0 Å². The molecule has 1 saturated carbocycles. The number of aromatic nitrogens is 2. The zero-order valence-electron chi connectivity index (χ0n) is 17.9. The second-order valence-electron chi connectivity index (χ2n) is 9.70. The molecule has 3 nitrogen and oxygen atoms in total. The Balaban J connectivity index is 1.46. The Morgan fingerprint density at radius 2 is 1.82 bits per heavy atom. The number of hydrogen-bond donors (Lipinski definition) is 0. The minimum atomic E-state index is 0.521. The molecular formula is C25H35N3. The van der Waals surface area contributed by atoms with E-state index in [1.807, 2.05) is 12.4 Å². The summed E-state index contributed by atoms with van der Waals surface area (Å²) in [6.07, 6.45) is 9.67. The molecule has 2 bridgehead atoms. The fourth-order valence-corrected chi connectivity index (χ4v) is 5.11. The highest BCUT2D eigenvalue weighted by Crippen LogP contribution is 2.39. The molecule has 150 valence electrons. The van der Waals surface area contributed by atoms with Crippen molar-refractivity contribution in [3.8, 4) is 11.4 Å². The number of benzene rings is 1. The molecule has 0 amide bonds. The van der Waals surface area contributed by atoms with E-state index in [0.29, 0.717) is 5.92 Å². The molecule has 0 N–H and O–H groups in total. The Kier molecular flexibility index (Phi) is 5.82. The van der Waals surface area contributed by atoms with Crippen LogP contribution in [0.2, 0.25) is 0 Å². The van der Waals surface area contributed by atoms with Gasteiger partial charge in [-0.25, -0.2) is 9.97 Å². The van der Waals surface area contributed by atoms with E-state index in [-0.39, 0.29) is 0 Å². The minimum absolute atomic E-state index is 0.521. The standard InChI is InChI=1S/C25H35N3/c1-17(2)21-6-5-7-22(11-21)25-26-13-20(14-27-25)16-28-15-19-8-9-24(28)12-23(10-19)18(3)4/h5-7,11,13-14,17-19,23-24H,8-10,12,15-16H2,1-4H3. The highest BCUT2D eigenvalue weighted by molar-refractivity contribution is 5.56. The van der Waals surface area contributed by atoms with E-state index >= 15 is 0 Å². The molecular weight excluding hydrogens is 342 g/mol. The van der Waals surface area contributed by atoms with Gasteiger partial charge >= 0.3 is 0 Å². The van der Waals surface area contributed by atoms with E-state index in [4.69, 9.17) is 9.97 Å².